The zero-order chi connectivity index (χ0) is 20.1. The van der Waals surface area contributed by atoms with Crippen LogP contribution in [-0.4, -0.2) is 33.2 Å². The van der Waals surface area contributed by atoms with Crippen LogP contribution >= 0.6 is 23.1 Å². The molecule has 1 aromatic carbocycles. The Bertz CT molecular complexity index is 997. The number of thiophene rings is 1. The van der Waals surface area contributed by atoms with Gasteiger partial charge in [-0.25, -0.2) is 4.98 Å². The molecule has 2 aromatic heterocycles. The Morgan fingerprint density at radius 1 is 1.29 bits per heavy atom. The molecule has 0 bridgehead atoms. The van der Waals surface area contributed by atoms with E-state index in [9.17, 15) is 9.59 Å². The molecule has 0 fully saturated rings. The Labute approximate surface area is 173 Å². The summed E-state index contributed by atoms with van der Waals surface area (Å²) in [6.07, 6.45) is 0.888. The number of hydrogen-bond acceptors (Lipinski definition) is 5. The lowest BCUT2D eigenvalue weighted by Crippen LogP contribution is -2.29. The van der Waals surface area contributed by atoms with E-state index in [-0.39, 0.29) is 17.2 Å². The highest BCUT2D eigenvalue weighted by molar-refractivity contribution is 7.99. The quantitative estimate of drug-likeness (QED) is 0.408. The number of nitrogens with zero attached hydrogens (tertiary/aromatic N) is 3. The van der Waals surface area contributed by atoms with Crippen molar-refractivity contribution in [2.75, 3.05) is 12.8 Å². The van der Waals surface area contributed by atoms with E-state index in [4.69, 9.17) is 0 Å². The molecule has 0 radical (unpaired) electrons. The molecule has 3 aromatic rings. The fourth-order valence-electron chi connectivity index (χ4n) is 2.82. The average Bonchev–Trinajstić information content (AvgIpc) is 3.18. The number of amides is 1. The Balaban J connectivity index is 1.79. The van der Waals surface area contributed by atoms with Crippen molar-refractivity contribution in [1.82, 2.24) is 14.5 Å². The van der Waals surface area contributed by atoms with Gasteiger partial charge in [-0.3, -0.25) is 14.2 Å². The smallest absolute Gasteiger partial charge is 0.262 e. The molecule has 0 aliphatic rings. The summed E-state index contributed by atoms with van der Waals surface area (Å²) >= 11 is 2.96. The van der Waals surface area contributed by atoms with Crippen molar-refractivity contribution in [2.45, 2.75) is 38.5 Å². The molecular formula is C21H25N3O2S2. The molecule has 5 nitrogen and oxygen atoms in total. The summed E-state index contributed by atoms with van der Waals surface area (Å²) in [6, 6.07) is 9.41. The van der Waals surface area contributed by atoms with Crippen LogP contribution in [0.15, 0.2) is 51.0 Å². The molecule has 28 heavy (non-hydrogen) atoms. The molecule has 0 spiro atoms. The van der Waals surface area contributed by atoms with Gasteiger partial charge in [0, 0.05) is 20.1 Å². The summed E-state index contributed by atoms with van der Waals surface area (Å²) in [4.78, 5) is 31.9. The molecule has 0 N–H and O–H groups in total. The molecule has 3 rings (SSSR count). The summed E-state index contributed by atoms with van der Waals surface area (Å²) in [5, 5.41) is 5.29. The maximum Gasteiger partial charge on any atom is 0.262 e. The zero-order valence-electron chi connectivity index (χ0n) is 16.4. The van der Waals surface area contributed by atoms with Crippen LogP contribution in [0.25, 0.3) is 10.9 Å². The van der Waals surface area contributed by atoms with E-state index in [1.54, 1.807) is 27.9 Å². The van der Waals surface area contributed by atoms with Gasteiger partial charge in [-0.1, -0.05) is 37.7 Å². The maximum absolute atomic E-state index is 13.0. The van der Waals surface area contributed by atoms with Crippen LogP contribution in [0.1, 0.15) is 25.8 Å². The van der Waals surface area contributed by atoms with Crippen LogP contribution in [0.2, 0.25) is 0 Å². The molecule has 0 aliphatic carbocycles. The second kappa shape index (κ2) is 9.39. The number of para-hydroxylation sites is 1. The van der Waals surface area contributed by atoms with Crippen LogP contribution in [0.5, 0.6) is 0 Å². The Morgan fingerprint density at radius 2 is 2.07 bits per heavy atom. The van der Waals surface area contributed by atoms with Gasteiger partial charge in [0.2, 0.25) is 5.91 Å². The first kappa shape index (κ1) is 20.6. The third kappa shape index (κ3) is 5.02. The number of thioether (sulfide) groups is 1. The van der Waals surface area contributed by atoms with Gasteiger partial charge in [0.1, 0.15) is 0 Å². The molecule has 148 valence electrons. The number of benzene rings is 1. The van der Waals surface area contributed by atoms with E-state index in [0.29, 0.717) is 35.1 Å². The van der Waals surface area contributed by atoms with Crippen molar-refractivity contribution in [1.29, 1.82) is 0 Å². The van der Waals surface area contributed by atoms with Crippen molar-refractivity contribution < 1.29 is 4.79 Å². The van der Waals surface area contributed by atoms with Crippen molar-refractivity contribution in [3.63, 3.8) is 0 Å². The van der Waals surface area contributed by atoms with Crippen molar-refractivity contribution >= 4 is 39.9 Å². The number of hydrogen-bond donors (Lipinski definition) is 0. The number of rotatable bonds is 8. The second-order valence-corrected chi connectivity index (χ2v) is 8.94. The van der Waals surface area contributed by atoms with Gasteiger partial charge in [-0.2, -0.15) is 11.3 Å². The fraction of sp³-hybridized carbons (Fsp3) is 0.381. The number of carbonyl (C=O) groups is 1. The number of carbonyl (C=O) groups excluding carboxylic acids is 1. The van der Waals surface area contributed by atoms with Crippen molar-refractivity contribution in [3.05, 3.63) is 57.0 Å². The van der Waals surface area contributed by atoms with Gasteiger partial charge >= 0.3 is 0 Å². The molecule has 0 saturated heterocycles. The van der Waals surface area contributed by atoms with Crippen molar-refractivity contribution in [2.24, 2.45) is 5.92 Å². The van der Waals surface area contributed by atoms with Gasteiger partial charge in [0.05, 0.1) is 16.7 Å². The third-order valence-electron chi connectivity index (χ3n) is 4.51. The minimum atomic E-state index is -0.0344. The standard InChI is InChI=1S/C21H25N3O2S2/c1-15(2)8-10-24-20(26)17-6-4-5-7-18(17)22-21(24)28-14-19(25)23(3)12-16-9-11-27-13-16/h4-7,9,11,13,15H,8,10,12,14H2,1-3H3. The van der Waals surface area contributed by atoms with Crippen LogP contribution < -0.4 is 5.56 Å². The topological polar surface area (TPSA) is 55.2 Å². The first-order chi connectivity index (χ1) is 13.5. The Hall–Kier alpha value is -2.12. The first-order valence-corrected chi connectivity index (χ1v) is 11.3. The van der Waals surface area contributed by atoms with Crippen molar-refractivity contribution in [3.8, 4) is 0 Å². The zero-order valence-corrected chi connectivity index (χ0v) is 18.1. The van der Waals surface area contributed by atoms with E-state index in [1.165, 1.54) is 11.8 Å². The maximum atomic E-state index is 13.0. The highest BCUT2D eigenvalue weighted by atomic mass is 32.2. The Kier molecular flexibility index (Phi) is 6.91. The molecule has 7 heteroatoms. The molecule has 1 amide bonds. The number of aromatic nitrogens is 2. The molecule has 0 saturated carbocycles. The summed E-state index contributed by atoms with van der Waals surface area (Å²) < 4.78 is 1.72. The van der Waals surface area contributed by atoms with Gasteiger partial charge in [-0.15, -0.1) is 0 Å². The van der Waals surface area contributed by atoms with E-state index < -0.39 is 0 Å². The minimum absolute atomic E-state index is 0.0222. The van der Waals surface area contributed by atoms with Gasteiger partial charge in [0.15, 0.2) is 5.16 Å². The highest BCUT2D eigenvalue weighted by Gasteiger charge is 2.15. The first-order valence-electron chi connectivity index (χ1n) is 9.33. The summed E-state index contributed by atoms with van der Waals surface area (Å²) in [5.41, 5.74) is 1.77. The van der Waals surface area contributed by atoms with Gasteiger partial charge < -0.3 is 4.90 Å². The van der Waals surface area contributed by atoms with Crippen LogP contribution in [-0.2, 0) is 17.9 Å². The molecule has 0 aliphatic heterocycles. The lowest BCUT2D eigenvalue weighted by atomic mass is 10.1. The monoisotopic (exact) mass is 415 g/mol. The summed E-state index contributed by atoms with van der Waals surface area (Å²) in [7, 11) is 1.81. The third-order valence-corrected chi connectivity index (χ3v) is 6.20. The normalized spacial score (nSPS) is 11.3. The van der Waals surface area contributed by atoms with E-state index in [2.05, 4.69) is 18.8 Å². The predicted octanol–water partition coefficient (Wildman–Crippen LogP) is 4.25. The molecule has 0 atom stereocenters. The largest absolute Gasteiger partial charge is 0.341 e. The fourth-order valence-corrected chi connectivity index (χ4v) is 4.45. The van der Waals surface area contributed by atoms with Crippen LogP contribution in [0.4, 0.5) is 0 Å². The average molecular weight is 416 g/mol. The van der Waals surface area contributed by atoms with Crippen LogP contribution in [0, 0.1) is 5.92 Å². The number of fused-ring (bicyclic) bond motifs is 1. The van der Waals surface area contributed by atoms with E-state index >= 15 is 0 Å². The minimum Gasteiger partial charge on any atom is -0.341 e. The second-order valence-electron chi connectivity index (χ2n) is 7.22. The van der Waals surface area contributed by atoms with Crippen LogP contribution in [0.3, 0.4) is 0 Å². The Morgan fingerprint density at radius 3 is 2.79 bits per heavy atom. The van der Waals surface area contributed by atoms with E-state index in [0.717, 1.165) is 12.0 Å². The van der Waals surface area contributed by atoms with E-state index in [1.807, 2.05) is 41.1 Å². The SMILES string of the molecule is CC(C)CCn1c(SCC(=O)N(C)Cc2ccsc2)nc2ccccc2c1=O. The molecule has 2 heterocycles. The van der Waals surface area contributed by atoms with Gasteiger partial charge in [-0.05, 0) is 46.9 Å². The van der Waals surface area contributed by atoms with Gasteiger partial charge in [0.25, 0.3) is 5.56 Å². The predicted molar refractivity (Wildman–Crippen MR) is 117 cm³/mol. The summed E-state index contributed by atoms with van der Waals surface area (Å²) in [5.74, 6) is 0.760. The lowest BCUT2D eigenvalue weighted by Gasteiger charge is -2.17. The summed E-state index contributed by atoms with van der Waals surface area (Å²) in [6.45, 7) is 5.47. The molecule has 0 unspecified atom stereocenters. The highest BCUT2D eigenvalue weighted by Crippen LogP contribution is 2.20. The lowest BCUT2D eigenvalue weighted by molar-refractivity contribution is -0.127. The molecular weight excluding hydrogens is 390 g/mol.